The largest absolute Gasteiger partial charge is 0.486 e. The monoisotopic (exact) mass is 353 g/mol. The molecule has 3 nitrogen and oxygen atoms in total. The Morgan fingerprint density at radius 1 is 1.10 bits per heavy atom. The van der Waals surface area contributed by atoms with E-state index >= 15 is 0 Å². The summed E-state index contributed by atoms with van der Waals surface area (Å²) in [6.07, 6.45) is 9.26. The highest BCUT2D eigenvalue weighted by Gasteiger charge is 2.20. The van der Waals surface area contributed by atoms with Gasteiger partial charge in [-0.05, 0) is 36.5 Å². The van der Waals surface area contributed by atoms with Crippen molar-refractivity contribution in [2.24, 2.45) is 11.7 Å². The van der Waals surface area contributed by atoms with Crippen molar-refractivity contribution >= 4 is 15.9 Å². The summed E-state index contributed by atoms with van der Waals surface area (Å²) in [5.74, 6) is 2.52. The number of halogens is 1. The molecule has 1 aliphatic heterocycles. The Morgan fingerprint density at radius 2 is 1.76 bits per heavy atom. The molecule has 2 N–H and O–H groups in total. The minimum absolute atomic E-state index is 0.0668. The third kappa shape index (κ3) is 3.72. The van der Waals surface area contributed by atoms with E-state index < -0.39 is 0 Å². The van der Waals surface area contributed by atoms with Crippen LogP contribution in [0.25, 0.3) is 0 Å². The highest BCUT2D eigenvalue weighted by molar-refractivity contribution is 9.10. The maximum Gasteiger partial charge on any atom is 0.162 e. The summed E-state index contributed by atoms with van der Waals surface area (Å²) in [6, 6.07) is 4.10. The molecule has 0 radical (unpaired) electrons. The van der Waals surface area contributed by atoms with Gasteiger partial charge in [0.1, 0.15) is 13.2 Å². The van der Waals surface area contributed by atoms with Gasteiger partial charge in [0.05, 0.1) is 0 Å². The third-order valence-electron chi connectivity index (χ3n) is 4.67. The van der Waals surface area contributed by atoms with E-state index in [-0.39, 0.29) is 6.04 Å². The van der Waals surface area contributed by atoms with Crippen LogP contribution < -0.4 is 15.2 Å². The van der Waals surface area contributed by atoms with Gasteiger partial charge in [0.15, 0.2) is 11.5 Å². The molecule has 1 aromatic rings. The number of ether oxygens (including phenoxy) is 2. The number of hydrogen-bond acceptors (Lipinski definition) is 3. The predicted octanol–water partition coefficient (Wildman–Crippen LogP) is 4.58. The lowest BCUT2D eigenvalue weighted by Crippen LogP contribution is -2.18. The van der Waals surface area contributed by atoms with Gasteiger partial charge in [-0.1, -0.05) is 48.0 Å². The number of hydrogen-bond donors (Lipinski definition) is 1. The van der Waals surface area contributed by atoms with Crippen LogP contribution in [0.15, 0.2) is 16.6 Å². The lowest BCUT2D eigenvalue weighted by atomic mass is 9.84. The van der Waals surface area contributed by atoms with Crippen molar-refractivity contribution in [3.05, 3.63) is 22.2 Å². The fourth-order valence-electron chi connectivity index (χ4n) is 3.41. The second-order valence-electron chi connectivity index (χ2n) is 6.21. The van der Waals surface area contributed by atoms with E-state index in [1.807, 2.05) is 12.1 Å². The van der Waals surface area contributed by atoms with E-state index in [1.54, 1.807) is 0 Å². The Kier molecular flexibility index (Phi) is 5.07. The molecule has 0 spiro atoms. The molecule has 3 rings (SSSR count). The van der Waals surface area contributed by atoms with E-state index in [9.17, 15) is 0 Å². The minimum atomic E-state index is 0.0668. The van der Waals surface area contributed by atoms with Crippen LogP contribution in [-0.4, -0.2) is 13.2 Å². The van der Waals surface area contributed by atoms with Crippen LogP contribution in [0.4, 0.5) is 0 Å². The predicted molar refractivity (Wildman–Crippen MR) is 87.9 cm³/mol. The quantitative estimate of drug-likeness (QED) is 0.861. The number of benzene rings is 1. The van der Waals surface area contributed by atoms with Crippen LogP contribution in [0.2, 0.25) is 0 Å². The summed E-state index contributed by atoms with van der Waals surface area (Å²) in [5, 5.41) is 0. The number of nitrogens with two attached hydrogens (primary N) is 1. The SMILES string of the molecule is NC(CCC1CCCCC1)c1cc2c(cc1Br)OCCO2. The molecule has 0 amide bonds. The average Bonchev–Trinajstić information content (AvgIpc) is 2.53. The first kappa shape index (κ1) is 15.2. The molecule has 1 atom stereocenters. The second-order valence-corrected chi connectivity index (χ2v) is 7.06. The fraction of sp³-hybridized carbons (Fsp3) is 0.647. The molecule has 1 unspecified atom stereocenters. The first-order chi connectivity index (χ1) is 10.2. The fourth-order valence-corrected chi connectivity index (χ4v) is 4.03. The molecule has 2 aliphatic rings. The van der Waals surface area contributed by atoms with Gasteiger partial charge in [-0.2, -0.15) is 0 Å². The molecule has 0 aromatic heterocycles. The number of fused-ring (bicyclic) bond motifs is 1. The Morgan fingerprint density at radius 3 is 2.48 bits per heavy atom. The van der Waals surface area contributed by atoms with Crippen LogP contribution in [0, 0.1) is 5.92 Å². The Labute approximate surface area is 135 Å². The molecule has 21 heavy (non-hydrogen) atoms. The molecule has 0 saturated heterocycles. The third-order valence-corrected chi connectivity index (χ3v) is 5.36. The molecule has 1 heterocycles. The van der Waals surface area contributed by atoms with Crippen LogP contribution >= 0.6 is 15.9 Å². The van der Waals surface area contributed by atoms with Crippen molar-refractivity contribution < 1.29 is 9.47 Å². The zero-order valence-electron chi connectivity index (χ0n) is 12.4. The van der Waals surface area contributed by atoms with Gasteiger partial charge in [-0.25, -0.2) is 0 Å². The van der Waals surface area contributed by atoms with Crippen molar-refractivity contribution in [1.29, 1.82) is 0 Å². The zero-order chi connectivity index (χ0) is 14.7. The van der Waals surface area contributed by atoms with Crippen LogP contribution in [0.1, 0.15) is 56.6 Å². The van der Waals surface area contributed by atoms with Gasteiger partial charge >= 0.3 is 0 Å². The summed E-state index contributed by atoms with van der Waals surface area (Å²) in [6.45, 7) is 1.23. The van der Waals surface area contributed by atoms with Crippen molar-refractivity contribution in [1.82, 2.24) is 0 Å². The van der Waals surface area contributed by atoms with Crippen molar-refractivity contribution in [2.75, 3.05) is 13.2 Å². The molecule has 1 aromatic carbocycles. The zero-order valence-corrected chi connectivity index (χ0v) is 14.0. The Balaban J connectivity index is 1.64. The van der Waals surface area contributed by atoms with Crippen molar-refractivity contribution in [3.8, 4) is 11.5 Å². The number of rotatable bonds is 4. The second kappa shape index (κ2) is 7.01. The summed E-state index contributed by atoms with van der Waals surface area (Å²) in [5.41, 5.74) is 7.55. The molecule has 1 saturated carbocycles. The lowest BCUT2D eigenvalue weighted by Gasteiger charge is -2.24. The van der Waals surface area contributed by atoms with Gasteiger partial charge in [0, 0.05) is 10.5 Å². The van der Waals surface area contributed by atoms with E-state index in [0.717, 1.165) is 33.9 Å². The van der Waals surface area contributed by atoms with Crippen LogP contribution in [-0.2, 0) is 0 Å². The standard InChI is InChI=1S/C17H24BrNO2/c18-14-11-17-16(20-8-9-21-17)10-13(14)15(19)7-6-12-4-2-1-3-5-12/h10-12,15H,1-9,19H2. The van der Waals surface area contributed by atoms with Gasteiger partial charge < -0.3 is 15.2 Å². The Bertz CT molecular complexity index is 486. The van der Waals surface area contributed by atoms with E-state index in [1.165, 1.54) is 38.5 Å². The van der Waals surface area contributed by atoms with Crippen LogP contribution in [0.3, 0.4) is 0 Å². The highest BCUT2D eigenvalue weighted by Crippen LogP contribution is 2.39. The first-order valence-electron chi connectivity index (χ1n) is 8.08. The summed E-state index contributed by atoms with van der Waals surface area (Å²) in [4.78, 5) is 0. The molecular weight excluding hydrogens is 330 g/mol. The van der Waals surface area contributed by atoms with E-state index in [2.05, 4.69) is 15.9 Å². The van der Waals surface area contributed by atoms with E-state index in [0.29, 0.717) is 13.2 Å². The van der Waals surface area contributed by atoms with Gasteiger partial charge in [0.25, 0.3) is 0 Å². The minimum Gasteiger partial charge on any atom is -0.486 e. The van der Waals surface area contributed by atoms with Crippen LogP contribution in [0.5, 0.6) is 11.5 Å². The maximum atomic E-state index is 6.42. The lowest BCUT2D eigenvalue weighted by molar-refractivity contribution is 0.171. The molecular formula is C17H24BrNO2. The first-order valence-corrected chi connectivity index (χ1v) is 8.88. The topological polar surface area (TPSA) is 44.5 Å². The molecule has 1 fully saturated rings. The maximum absolute atomic E-state index is 6.42. The van der Waals surface area contributed by atoms with Gasteiger partial charge in [-0.3, -0.25) is 0 Å². The Hall–Kier alpha value is -0.740. The van der Waals surface area contributed by atoms with Gasteiger partial charge in [0.2, 0.25) is 0 Å². The highest BCUT2D eigenvalue weighted by atomic mass is 79.9. The normalized spacial score (nSPS) is 20.3. The van der Waals surface area contributed by atoms with Crippen molar-refractivity contribution in [2.45, 2.75) is 51.0 Å². The molecule has 1 aliphatic carbocycles. The molecule has 4 heteroatoms. The smallest absolute Gasteiger partial charge is 0.162 e. The summed E-state index contributed by atoms with van der Waals surface area (Å²) in [7, 11) is 0. The summed E-state index contributed by atoms with van der Waals surface area (Å²) < 4.78 is 12.3. The van der Waals surface area contributed by atoms with E-state index in [4.69, 9.17) is 15.2 Å². The molecule has 116 valence electrons. The molecule has 0 bridgehead atoms. The summed E-state index contributed by atoms with van der Waals surface area (Å²) >= 11 is 3.63. The average molecular weight is 354 g/mol. The van der Waals surface area contributed by atoms with Crippen molar-refractivity contribution in [3.63, 3.8) is 0 Å². The van der Waals surface area contributed by atoms with Gasteiger partial charge in [-0.15, -0.1) is 0 Å².